The lowest BCUT2D eigenvalue weighted by atomic mass is 9.98. The number of carboxylic acids is 1. The highest BCUT2D eigenvalue weighted by molar-refractivity contribution is 5.87. The third-order valence-corrected chi connectivity index (χ3v) is 5.91. The van der Waals surface area contributed by atoms with Gasteiger partial charge in [0.15, 0.2) is 0 Å². The molecule has 31 heavy (non-hydrogen) atoms. The molecule has 2 aromatic rings. The number of carbonyl (C=O) groups excluding carboxylic acids is 2. The highest BCUT2D eigenvalue weighted by atomic mass is 16.5. The van der Waals surface area contributed by atoms with Crippen LogP contribution in [0, 0.1) is 11.8 Å². The highest BCUT2D eigenvalue weighted by Crippen LogP contribution is 2.44. The number of aliphatic hydroxyl groups excluding tert-OH is 1. The van der Waals surface area contributed by atoms with Crippen molar-refractivity contribution in [1.82, 2.24) is 10.6 Å². The Hall–Kier alpha value is -3.39. The van der Waals surface area contributed by atoms with Crippen molar-refractivity contribution in [2.45, 2.75) is 18.4 Å². The Bertz CT molecular complexity index is 962. The standard InChI is InChI=1S/C23H24N2O6/c26-11-20(22(28)29)25-21(27)18-9-13(18)10-24-23(30)31-12-19-16-7-3-1-5-14(16)15-6-2-4-8-17(15)19/h1-8,13,18-20,26H,9-12H2,(H,24,30)(H,25,27)(H,28,29)/t13?,18?,20-/m1/s1. The Morgan fingerprint density at radius 3 is 2.23 bits per heavy atom. The van der Waals surface area contributed by atoms with Gasteiger partial charge in [-0.05, 0) is 34.6 Å². The van der Waals surface area contributed by atoms with Crippen molar-refractivity contribution >= 4 is 18.0 Å². The fourth-order valence-electron chi connectivity index (χ4n) is 4.12. The number of fused-ring (bicyclic) bond motifs is 3. The zero-order valence-corrected chi connectivity index (χ0v) is 16.8. The molecule has 0 heterocycles. The number of carbonyl (C=O) groups is 3. The van der Waals surface area contributed by atoms with E-state index < -0.39 is 30.6 Å². The van der Waals surface area contributed by atoms with E-state index in [1.165, 1.54) is 0 Å². The molecule has 2 aliphatic carbocycles. The third-order valence-electron chi connectivity index (χ3n) is 5.91. The van der Waals surface area contributed by atoms with Crippen molar-refractivity contribution in [1.29, 1.82) is 0 Å². The van der Waals surface area contributed by atoms with Crippen LogP contribution in [0.2, 0.25) is 0 Å². The Labute approximate surface area is 179 Å². The van der Waals surface area contributed by atoms with Gasteiger partial charge < -0.3 is 25.6 Å². The molecular weight excluding hydrogens is 400 g/mol. The lowest BCUT2D eigenvalue weighted by Crippen LogP contribution is -2.44. The van der Waals surface area contributed by atoms with Crippen LogP contribution in [-0.2, 0) is 14.3 Å². The molecule has 8 nitrogen and oxygen atoms in total. The molecule has 1 fully saturated rings. The summed E-state index contributed by atoms with van der Waals surface area (Å²) in [5.41, 5.74) is 4.57. The number of hydrogen-bond donors (Lipinski definition) is 4. The minimum atomic E-state index is -1.32. The molecule has 0 spiro atoms. The molecule has 4 N–H and O–H groups in total. The molecule has 2 aromatic carbocycles. The molecule has 2 aliphatic rings. The number of aliphatic hydroxyl groups is 1. The maximum absolute atomic E-state index is 12.2. The molecule has 8 heteroatoms. The maximum Gasteiger partial charge on any atom is 0.407 e. The number of nitrogens with one attached hydrogen (secondary N) is 2. The number of amides is 2. The van der Waals surface area contributed by atoms with E-state index in [1.54, 1.807) is 0 Å². The first-order chi connectivity index (χ1) is 15.0. The summed E-state index contributed by atoms with van der Waals surface area (Å²) in [6.07, 6.45) is -0.000494. The molecule has 1 saturated carbocycles. The zero-order valence-electron chi connectivity index (χ0n) is 16.8. The number of carboxylic acid groups (broad SMARTS) is 1. The molecule has 0 aromatic heterocycles. The van der Waals surface area contributed by atoms with E-state index in [-0.39, 0.29) is 30.9 Å². The van der Waals surface area contributed by atoms with E-state index in [1.807, 2.05) is 36.4 Å². The van der Waals surface area contributed by atoms with E-state index in [9.17, 15) is 14.4 Å². The number of ether oxygens (including phenoxy) is 1. The van der Waals surface area contributed by atoms with Crippen molar-refractivity contribution < 1.29 is 29.3 Å². The van der Waals surface area contributed by atoms with Crippen LogP contribution in [0.1, 0.15) is 23.5 Å². The molecular formula is C23H24N2O6. The SMILES string of the molecule is O=C(NCC1CC1C(=O)N[C@H](CO)C(=O)O)OCC1c2ccccc2-c2ccccc21. The summed E-state index contributed by atoms with van der Waals surface area (Å²) in [6, 6.07) is 14.8. The van der Waals surface area contributed by atoms with Crippen molar-refractivity contribution in [3.63, 3.8) is 0 Å². The second-order valence-corrected chi connectivity index (χ2v) is 7.89. The average molecular weight is 424 g/mol. The number of alkyl carbamates (subject to hydrolysis) is 1. The van der Waals surface area contributed by atoms with Gasteiger partial charge in [-0.25, -0.2) is 9.59 Å². The normalized spacial score (nSPS) is 19.6. The summed E-state index contributed by atoms with van der Waals surface area (Å²) in [5, 5.41) is 22.9. The molecule has 0 saturated heterocycles. The number of aliphatic carboxylic acids is 1. The third kappa shape index (κ3) is 4.39. The van der Waals surface area contributed by atoms with E-state index in [2.05, 4.69) is 22.8 Å². The lowest BCUT2D eigenvalue weighted by molar-refractivity contribution is -0.143. The number of benzene rings is 2. The van der Waals surface area contributed by atoms with E-state index in [4.69, 9.17) is 14.9 Å². The van der Waals surface area contributed by atoms with Crippen molar-refractivity contribution in [2.24, 2.45) is 11.8 Å². The summed E-state index contributed by atoms with van der Waals surface area (Å²) < 4.78 is 5.47. The Balaban J connectivity index is 1.26. The van der Waals surface area contributed by atoms with Gasteiger partial charge in [-0.1, -0.05) is 48.5 Å². The van der Waals surface area contributed by atoms with Gasteiger partial charge >= 0.3 is 12.1 Å². The van der Waals surface area contributed by atoms with E-state index >= 15 is 0 Å². The first-order valence-corrected chi connectivity index (χ1v) is 10.2. The van der Waals surface area contributed by atoms with Crippen molar-refractivity contribution in [3.05, 3.63) is 59.7 Å². The minimum absolute atomic E-state index is 0.0240. The lowest BCUT2D eigenvalue weighted by Gasteiger charge is -2.14. The van der Waals surface area contributed by atoms with Crippen LogP contribution < -0.4 is 10.6 Å². The second-order valence-electron chi connectivity index (χ2n) is 7.89. The van der Waals surface area contributed by atoms with Gasteiger partial charge in [0.1, 0.15) is 12.6 Å². The highest BCUT2D eigenvalue weighted by Gasteiger charge is 2.44. The smallest absolute Gasteiger partial charge is 0.407 e. The summed E-state index contributed by atoms with van der Waals surface area (Å²) in [7, 11) is 0. The summed E-state index contributed by atoms with van der Waals surface area (Å²) >= 11 is 0. The minimum Gasteiger partial charge on any atom is -0.480 e. The monoisotopic (exact) mass is 424 g/mol. The van der Waals surface area contributed by atoms with Crippen molar-refractivity contribution in [3.8, 4) is 11.1 Å². The fourth-order valence-corrected chi connectivity index (χ4v) is 4.12. The molecule has 0 radical (unpaired) electrons. The van der Waals surface area contributed by atoms with Crippen LogP contribution in [0.5, 0.6) is 0 Å². The fraction of sp³-hybridized carbons (Fsp3) is 0.348. The summed E-state index contributed by atoms with van der Waals surface area (Å²) in [4.78, 5) is 35.1. The van der Waals surface area contributed by atoms with Crippen LogP contribution >= 0.6 is 0 Å². The van der Waals surface area contributed by atoms with Crippen LogP contribution in [0.15, 0.2) is 48.5 Å². The Morgan fingerprint density at radius 2 is 1.65 bits per heavy atom. The van der Waals surface area contributed by atoms with Gasteiger partial charge in [-0.15, -0.1) is 0 Å². The molecule has 4 rings (SSSR count). The summed E-state index contributed by atoms with van der Waals surface area (Å²) in [5.74, 6) is -2.19. The van der Waals surface area contributed by atoms with E-state index in [0.717, 1.165) is 22.3 Å². The molecule has 3 atom stereocenters. The zero-order chi connectivity index (χ0) is 22.0. The van der Waals surface area contributed by atoms with Crippen LogP contribution in [-0.4, -0.2) is 54.0 Å². The number of rotatable bonds is 8. The Morgan fingerprint density at radius 1 is 1.03 bits per heavy atom. The predicted octanol–water partition coefficient (Wildman–Crippen LogP) is 1.72. The largest absolute Gasteiger partial charge is 0.480 e. The van der Waals surface area contributed by atoms with Gasteiger partial charge in [0.25, 0.3) is 0 Å². The predicted molar refractivity (Wildman–Crippen MR) is 111 cm³/mol. The first-order valence-electron chi connectivity index (χ1n) is 10.2. The molecule has 2 unspecified atom stereocenters. The van der Waals surface area contributed by atoms with Gasteiger partial charge in [0.05, 0.1) is 6.61 Å². The Kier molecular flexibility index (Phi) is 5.90. The van der Waals surface area contributed by atoms with Crippen LogP contribution in [0.3, 0.4) is 0 Å². The van der Waals surface area contributed by atoms with Gasteiger partial charge in [0, 0.05) is 18.4 Å². The van der Waals surface area contributed by atoms with E-state index in [0.29, 0.717) is 6.42 Å². The second kappa shape index (κ2) is 8.77. The molecule has 2 amide bonds. The van der Waals surface area contributed by atoms with Gasteiger partial charge in [-0.2, -0.15) is 0 Å². The molecule has 0 aliphatic heterocycles. The molecule has 162 valence electrons. The van der Waals surface area contributed by atoms with Crippen molar-refractivity contribution in [2.75, 3.05) is 19.8 Å². The first kappa shape index (κ1) is 20.9. The average Bonchev–Trinajstić information content (AvgIpc) is 3.49. The topological polar surface area (TPSA) is 125 Å². The maximum atomic E-state index is 12.2. The quantitative estimate of drug-likeness (QED) is 0.511. The van der Waals surface area contributed by atoms with Gasteiger partial charge in [-0.3, -0.25) is 4.79 Å². The van der Waals surface area contributed by atoms with Crippen LogP contribution in [0.4, 0.5) is 4.79 Å². The number of hydrogen-bond acceptors (Lipinski definition) is 5. The summed E-state index contributed by atoms with van der Waals surface area (Å²) in [6.45, 7) is -0.187. The molecule has 0 bridgehead atoms. The van der Waals surface area contributed by atoms with Gasteiger partial charge in [0.2, 0.25) is 5.91 Å². The van der Waals surface area contributed by atoms with Crippen LogP contribution in [0.25, 0.3) is 11.1 Å².